The predicted molar refractivity (Wildman–Crippen MR) is 120 cm³/mol. The van der Waals surface area contributed by atoms with E-state index in [2.05, 4.69) is 13.8 Å². The number of hydrogen-bond acceptors (Lipinski definition) is 3. The first-order valence-corrected chi connectivity index (χ1v) is 10.5. The molecular formula is C24H35ClO3. The van der Waals surface area contributed by atoms with Crippen molar-refractivity contribution in [2.75, 3.05) is 7.11 Å². The second-order valence-corrected chi connectivity index (χ2v) is 6.38. The van der Waals surface area contributed by atoms with Gasteiger partial charge in [-0.25, -0.2) is 0 Å². The van der Waals surface area contributed by atoms with Crippen LogP contribution in [0.4, 0.5) is 0 Å². The molecule has 0 bridgehead atoms. The first kappa shape index (κ1) is 26.0. The van der Waals surface area contributed by atoms with E-state index >= 15 is 0 Å². The molecule has 28 heavy (non-hydrogen) atoms. The second-order valence-electron chi connectivity index (χ2n) is 5.97. The third kappa shape index (κ3) is 10.4. The lowest BCUT2D eigenvalue weighted by Crippen LogP contribution is -2.00. The van der Waals surface area contributed by atoms with E-state index in [9.17, 15) is 4.79 Å². The van der Waals surface area contributed by atoms with Crippen LogP contribution in [0.5, 0.6) is 11.5 Å². The maximum Gasteiger partial charge on any atom is 0.150 e. The van der Waals surface area contributed by atoms with Crippen molar-refractivity contribution in [3.8, 4) is 11.5 Å². The molecule has 0 fully saturated rings. The number of rotatable bonds is 9. The molecule has 0 aliphatic rings. The zero-order chi connectivity index (χ0) is 21.2. The Morgan fingerprint density at radius 2 is 1.57 bits per heavy atom. The molecular weight excluding hydrogens is 372 g/mol. The molecule has 2 aromatic rings. The molecule has 2 aromatic carbocycles. The van der Waals surface area contributed by atoms with Crippen molar-refractivity contribution >= 4 is 17.9 Å². The second kappa shape index (κ2) is 17.1. The standard InChI is InChI=1S/C15H13ClO3.C7H16.C2H6/c1-18-15-8-11(9-17)6-7-12(15)10-19-14-5-3-2-4-13(14)16;1-3-5-7-6-4-2;1-2/h2-9H,10H2,1H3;3-7H2,1-2H3;1-2H3. The summed E-state index contributed by atoms with van der Waals surface area (Å²) < 4.78 is 10.9. The van der Waals surface area contributed by atoms with Gasteiger partial charge in [-0.05, 0) is 18.2 Å². The lowest BCUT2D eigenvalue weighted by Gasteiger charge is -2.11. The van der Waals surface area contributed by atoms with Gasteiger partial charge >= 0.3 is 0 Å². The van der Waals surface area contributed by atoms with E-state index < -0.39 is 0 Å². The fraction of sp³-hybridized carbons (Fsp3) is 0.458. The lowest BCUT2D eigenvalue weighted by molar-refractivity contribution is 0.112. The molecule has 3 nitrogen and oxygen atoms in total. The van der Waals surface area contributed by atoms with Crippen molar-refractivity contribution in [1.29, 1.82) is 0 Å². The molecule has 0 spiro atoms. The Bertz CT molecular complexity index is 652. The van der Waals surface area contributed by atoms with Crippen molar-refractivity contribution < 1.29 is 14.3 Å². The molecule has 0 aliphatic carbocycles. The van der Waals surface area contributed by atoms with Crippen molar-refractivity contribution in [2.45, 2.75) is 66.4 Å². The van der Waals surface area contributed by atoms with Gasteiger partial charge in [0.1, 0.15) is 24.4 Å². The number of hydrogen-bond donors (Lipinski definition) is 0. The van der Waals surface area contributed by atoms with Gasteiger partial charge in [-0.3, -0.25) is 4.79 Å². The highest BCUT2D eigenvalue weighted by atomic mass is 35.5. The first-order valence-electron chi connectivity index (χ1n) is 10.2. The Hall–Kier alpha value is -2.00. The van der Waals surface area contributed by atoms with Gasteiger partial charge in [-0.15, -0.1) is 0 Å². The summed E-state index contributed by atoms with van der Waals surface area (Å²) in [5.74, 6) is 1.24. The SMILES string of the molecule is CC.CCCCCCC.COc1cc(C=O)ccc1COc1ccccc1Cl. The number of para-hydroxylation sites is 1. The molecule has 2 rings (SSSR count). The van der Waals surface area contributed by atoms with Crippen molar-refractivity contribution in [1.82, 2.24) is 0 Å². The Kier molecular flexibility index (Phi) is 15.9. The minimum absolute atomic E-state index is 0.325. The van der Waals surface area contributed by atoms with Gasteiger partial charge in [0.05, 0.1) is 12.1 Å². The Labute approximate surface area is 176 Å². The van der Waals surface area contributed by atoms with E-state index in [1.807, 2.05) is 26.0 Å². The van der Waals surface area contributed by atoms with Gasteiger partial charge in [-0.2, -0.15) is 0 Å². The highest BCUT2D eigenvalue weighted by Crippen LogP contribution is 2.26. The largest absolute Gasteiger partial charge is 0.496 e. The third-order valence-corrected chi connectivity index (χ3v) is 4.19. The van der Waals surface area contributed by atoms with Gasteiger partial charge in [-0.1, -0.05) is 95.7 Å². The van der Waals surface area contributed by atoms with Crippen molar-refractivity contribution in [2.24, 2.45) is 0 Å². The maximum atomic E-state index is 10.7. The summed E-state index contributed by atoms with van der Waals surface area (Å²) >= 11 is 6.01. The van der Waals surface area contributed by atoms with Crippen LogP contribution in [0, 0.1) is 0 Å². The summed E-state index contributed by atoms with van der Waals surface area (Å²) in [7, 11) is 1.56. The molecule has 0 saturated carbocycles. The lowest BCUT2D eigenvalue weighted by atomic mass is 10.1. The normalized spacial score (nSPS) is 9.36. The topological polar surface area (TPSA) is 35.5 Å². The Morgan fingerprint density at radius 1 is 0.929 bits per heavy atom. The molecule has 0 radical (unpaired) electrons. The summed E-state index contributed by atoms with van der Waals surface area (Å²) in [6.45, 7) is 8.82. The van der Waals surface area contributed by atoms with Crippen LogP contribution >= 0.6 is 11.6 Å². The molecule has 4 heteroatoms. The summed E-state index contributed by atoms with van der Waals surface area (Å²) in [4.78, 5) is 10.7. The number of aldehydes is 1. The number of ether oxygens (including phenoxy) is 2. The first-order chi connectivity index (χ1) is 13.7. The monoisotopic (exact) mass is 406 g/mol. The Balaban J connectivity index is 0.000000688. The molecule has 0 amide bonds. The van der Waals surface area contributed by atoms with E-state index in [1.165, 1.54) is 32.1 Å². The molecule has 0 atom stereocenters. The minimum Gasteiger partial charge on any atom is -0.496 e. The summed E-state index contributed by atoms with van der Waals surface area (Å²) in [6.07, 6.45) is 7.79. The molecule has 0 aromatic heterocycles. The average Bonchev–Trinajstić information content (AvgIpc) is 2.75. The van der Waals surface area contributed by atoms with Crippen LogP contribution < -0.4 is 9.47 Å². The van der Waals surface area contributed by atoms with Crippen LogP contribution in [0.1, 0.15) is 75.7 Å². The highest BCUT2D eigenvalue weighted by Gasteiger charge is 2.06. The summed E-state index contributed by atoms with van der Waals surface area (Å²) in [5, 5.41) is 0.561. The predicted octanol–water partition coefficient (Wildman–Crippen LogP) is 7.74. The highest BCUT2D eigenvalue weighted by molar-refractivity contribution is 6.32. The Morgan fingerprint density at radius 3 is 2.11 bits per heavy atom. The number of carbonyl (C=O) groups is 1. The molecule has 0 aliphatic heterocycles. The van der Waals surface area contributed by atoms with E-state index in [1.54, 1.807) is 37.4 Å². The van der Waals surface area contributed by atoms with Gasteiger partial charge < -0.3 is 9.47 Å². The van der Waals surface area contributed by atoms with Gasteiger partial charge in [0.25, 0.3) is 0 Å². The van der Waals surface area contributed by atoms with Crippen LogP contribution in [0.15, 0.2) is 42.5 Å². The fourth-order valence-corrected chi connectivity index (χ4v) is 2.54. The maximum absolute atomic E-state index is 10.7. The number of carbonyl (C=O) groups excluding carboxylic acids is 1. The van der Waals surface area contributed by atoms with Gasteiger partial charge in [0.2, 0.25) is 0 Å². The minimum atomic E-state index is 0.325. The molecule has 0 saturated heterocycles. The number of halogens is 1. The van der Waals surface area contributed by atoms with E-state index in [0.29, 0.717) is 28.7 Å². The molecule has 0 unspecified atom stereocenters. The third-order valence-electron chi connectivity index (χ3n) is 3.87. The van der Waals surface area contributed by atoms with Crippen LogP contribution in [-0.2, 0) is 6.61 Å². The quantitative estimate of drug-likeness (QED) is 0.315. The van der Waals surface area contributed by atoms with E-state index in [4.69, 9.17) is 21.1 Å². The average molecular weight is 407 g/mol. The van der Waals surface area contributed by atoms with Gasteiger partial charge in [0, 0.05) is 11.1 Å². The van der Waals surface area contributed by atoms with E-state index in [-0.39, 0.29) is 0 Å². The van der Waals surface area contributed by atoms with Crippen molar-refractivity contribution in [3.63, 3.8) is 0 Å². The molecule has 0 heterocycles. The van der Waals surface area contributed by atoms with Crippen LogP contribution in [0.2, 0.25) is 5.02 Å². The van der Waals surface area contributed by atoms with Crippen LogP contribution in [0.25, 0.3) is 0 Å². The van der Waals surface area contributed by atoms with E-state index in [0.717, 1.165) is 11.8 Å². The molecule has 0 N–H and O–H groups in total. The molecule has 156 valence electrons. The summed E-state index contributed by atoms with van der Waals surface area (Å²) in [6, 6.07) is 12.5. The zero-order valence-electron chi connectivity index (χ0n) is 18.0. The number of benzene rings is 2. The fourth-order valence-electron chi connectivity index (χ4n) is 2.35. The van der Waals surface area contributed by atoms with Gasteiger partial charge in [0.15, 0.2) is 0 Å². The number of unbranched alkanes of at least 4 members (excludes halogenated alkanes) is 4. The van der Waals surface area contributed by atoms with Crippen LogP contribution in [-0.4, -0.2) is 13.4 Å². The smallest absolute Gasteiger partial charge is 0.150 e. The van der Waals surface area contributed by atoms with Crippen molar-refractivity contribution in [3.05, 3.63) is 58.6 Å². The summed E-state index contributed by atoms with van der Waals surface area (Å²) in [5.41, 5.74) is 1.42. The van der Waals surface area contributed by atoms with Crippen LogP contribution in [0.3, 0.4) is 0 Å². The number of methoxy groups -OCH3 is 1. The zero-order valence-corrected chi connectivity index (χ0v) is 18.7.